The van der Waals surface area contributed by atoms with Crippen LogP contribution in [0.15, 0.2) is 48.8 Å². The highest BCUT2D eigenvalue weighted by Gasteiger charge is 2.32. The molecule has 0 bridgehead atoms. The minimum Gasteiger partial charge on any atom is -0.439 e. The predicted molar refractivity (Wildman–Crippen MR) is 148 cm³/mol. The molecular formula is C31H33F3N4O3. The molecule has 1 aliphatic heterocycles. The van der Waals surface area contributed by atoms with E-state index in [0.717, 1.165) is 56.0 Å². The fraction of sp³-hybridized carbons (Fsp3) is 0.419. The van der Waals surface area contributed by atoms with Gasteiger partial charge in [0.2, 0.25) is 11.8 Å². The third-order valence-electron chi connectivity index (χ3n) is 7.70. The second-order valence-electron chi connectivity index (χ2n) is 11.1. The van der Waals surface area contributed by atoms with Gasteiger partial charge in [0.25, 0.3) is 0 Å². The summed E-state index contributed by atoms with van der Waals surface area (Å²) in [6.07, 6.45) is 0.215. The summed E-state index contributed by atoms with van der Waals surface area (Å²) in [5, 5.41) is 2.76. The zero-order chi connectivity index (χ0) is 29.1. The first-order chi connectivity index (χ1) is 19.5. The zero-order valence-corrected chi connectivity index (χ0v) is 23.1. The number of Topliss-reactive ketones (excluding diaryl/α,β-unsaturated/α-hetero) is 1. The number of rotatable bonds is 9. The van der Waals surface area contributed by atoms with Gasteiger partial charge in [-0.25, -0.2) is 9.97 Å². The molecule has 0 spiro atoms. The molecule has 2 aliphatic rings. The summed E-state index contributed by atoms with van der Waals surface area (Å²) in [5.41, 5.74) is 1.93. The Morgan fingerprint density at radius 3 is 2.44 bits per heavy atom. The van der Waals surface area contributed by atoms with Crippen LogP contribution in [0.4, 0.5) is 19.0 Å². The molecule has 2 heterocycles. The van der Waals surface area contributed by atoms with Crippen LogP contribution in [0.5, 0.6) is 11.6 Å². The van der Waals surface area contributed by atoms with E-state index in [2.05, 4.69) is 20.2 Å². The van der Waals surface area contributed by atoms with Gasteiger partial charge in [-0.05, 0) is 105 Å². The van der Waals surface area contributed by atoms with Crippen LogP contribution in [0, 0.1) is 12.8 Å². The van der Waals surface area contributed by atoms with E-state index in [9.17, 15) is 22.8 Å². The minimum absolute atomic E-state index is 0.0436. The second-order valence-corrected chi connectivity index (χ2v) is 11.1. The smallest absolute Gasteiger partial charge is 0.416 e. The van der Waals surface area contributed by atoms with Crippen LogP contribution < -0.4 is 10.1 Å². The molecule has 216 valence electrons. The Bertz CT molecular complexity index is 1430. The molecule has 7 nitrogen and oxygen atoms in total. The number of aromatic nitrogens is 2. The topological polar surface area (TPSA) is 84.4 Å². The highest BCUT2D eigenvalue weighted by molar-refractivity contribution is 5.93. The molecule has 2 fully saturated rings. The standard InChI is InChI=1S/C31H33F3N4O3/c1-19-11-27(41-29-17-28(35-18-36-29)37-30(40)22-3-4-22)6-5-23(19)16-26(39)14-20-12-24(15-25(13-20)31(32,33)34)21-7-9-38(2)10-8-21/h5-6,11-13,15,17-18,21-22H,3-4,7-10,14,16H2,1-2H3,(H,35,36,37,40). The number of nitrogens with one attached hydrogen (secondary N) is 1. The Balaban J connectivity index is 1.24. The molecule has 5 rings (SSSR count). The Kier molecular flexibility index (Phi) is 8.40. The van der Waals surface area contributed by atoms with E-state index in [0.29, 0.717) is 22.7 Å². The largest absolute Gasteiger partial charge is 0.439 e. The molecule has 41 heavy (non-hydrogen) atoms. The summed E-state index contributed by atoms with van der Waals surface area (Å²) in [4.78, 5) is 35.3. The lowest BCUT2D eigenvalue weighted by Crippen LogP contribution is -2.29. The molecule has 1 saturated heterocycles. The van der Waals surface area contributed by atoms with Crippen molar-refractivity contribution in [1.82, 2.24) is 14.9 Å². The minimum atomic E-state index is -4.47. The van der Waals surface area contributed by atoms with E-state index in [1.54, 1.807) is 30.3 Å². The molecule has 10 heteroatoms. The van der Waals surface area contributed by atoms with Crippen LogP contribution in [-0.2, 0) is 28.6 Å². The molecule has 0 radical (unpaired) electrons. The number of halogens is 3. The van der Waals surface area contributed by atoms with Crippen molar-refractivity contribution < 1.29 is 27.5 Å². The van der Waals surface area contributed by atoms with Crippen molar-refractivity contribution in [3.63, 3.8) is 0 Å². The number of ether oxygens (including phenoxy) is 1. The van der Waals surface area contributed by atoms with E-state index in [-0.39, 0.29) is 42.2 Å². The molecule has 2 aromatic carbocycles. The van der Waals surface area contributed by atoms with Crippen molar-refractivity contribution in [2.24, 2.45) is 5.92 Å². The van der Waals surface area contributed by atoms with E-state index < -0.39 is 11.7 Å². The van der Waals surface area contributed by atoms with Gasteiger partial charge in [0.1, 0.15) is 23.7 Å². The number of anilines is 1. The van der Waals surface area contributed by atoms with Gasteiger partial charge in [-0.1, -0.05) is 12.1 Å². The van der Waals surface area contributed by atoms with Crippen LogP contribution >= 0.6 is 0 Å². The summed E-state index contributed by atoms with van der Waals surface area (Å²) in [6, 6.07) is 10.9. The van der Waals surface area contributed by atoms with E-state index >= 15 is 0 Å². The quantitative estimate of drug-likeness (QED) is 0.337. The molecule has 1 amide bonds. The third-order valence-corrected chi connectivity index (χ3v) is 7.70. The Morgan fingerprint density at radius 2 is 1.76 bits per heavy atom. The number of ketones is 1. The SMILES string of the molecule is Cc1cc(Oc2cc(NC(=O)C3CC3)ncn2)ccc1CC(=O)Cc1cc(C2CCN(C)CC2)cc(C(F)(F)F)c1. The van der Waals surface area contributed by atoms with Crippen LogP contribution in [0.2, 0.25) is 0 Å². The lowest BCUT2D eigenvalue weighted by Gasteiger charge is -2.29. The van der Waals surface area contributed by atoms with E-state index in [1.165, 1.54) is 12.4 Å². The number of nitrogens with zero attached hydrogens (tertiary/aromatic N) is 3. The van der Waals surface area contributed by atoms with Crippen molar-refractivity contribution in [3.05, 3.63) is 76.6 Å². The lowest BCUT2D eigenvalue weighted by atomic mass is 9.86. The molecule has 1 aromatic heterocycles. The van der Waals surface area contributed by atoms with Gasteiger partial charge in [0.15, 0.2) is 0 Å². The third kappa shape index (κ3) is 7.70. The van der Waals surface area contributed by atoms with Gasteiger partial charge in [-0.15, -0.1) is 0 Å². The van der Waals surface area contributed by atoms with Crippen molar-refractivity contribution in [1.29, 1.82) is 0 Å². The monoisotopic (exact) mass is 566 g/mol. The highest BCUT2D eigenvalue weighted by atomic mass is 19.4. The maximum atomic E-state index is 13.7. The van der Waals surface area contributed by atoms with Gasteiger partial charge < -0.3 is 15.0 Å². The fourth-order valence-electron chi connectivity index (χ4n) is 5.15. The number of hydrogen-bond donors (Lipinski definition) is 1. The number of amides is 1. The van der Waals surface area contributed by atoms with Gasteiger partial charge in [0, 0.05) is 24.8 Å². The number of alkyl halides is 3. The molecule has 3 aromatic rings. The van der Waals surface area contributed by atoms with Crippen LogP contribution in [0.25, 0.3) is 0 Å². The lowest BCUT2D eigenvalue weighted by molar-refractivity contribution is -0.137. The van der Waals surface area contributed by atoms with Crippen LogP contribution in [0.3, 0.4) is 0 Å². The van der Waals surface area contributed by atoms with Gasteiger partial charge in [0.05, 0.1) is 5.56 Å². The predicted octanol–water partition coefficient (Wildman–Crippen LogP) is 6.11. The molecule has 1 aliphatic carbocycles. The zero-order valence-electron chi connectivity index (χ0n) is 23.1. The molecule has 0 atom stereocenters. The normalized spacial score (nSPS) is 16.4. The Hall–Kier alpha value is -3.79. The number of carbonyl (C=O) groups is 2. The number of aryl methyl sites for hydroxylation is 1. The van der Waals surface area contributed by atoms with Crippen molar-refractivity contribution >= 4 is 17.5 Å². The first kappa shape index (κ1) is 28.7. The summed E-state index contributed by atoms with van der Waals surface area (Å²) in [5.74, 6) is 0.987. The average Bonchev–Trinajstić information content (AvgIpc) is 3.76. The van der Waals surface area contributed by atoms with Crippen molar-refractivity contribution in [2.75, 3.05) is 25.5 Å². The Morgan fingerprint density at radius 1 is 1.00 bits per heavy atom. The summed E-state index contributed by atoms with van der Waals surface area (Å²) in [6.45, 7) is 3.52. The fourth-order valence-corrected chi connectivity index (χ4v) is 5.15. The first-order valence-corrected chi connectivity index (χ1v) is 13.8. The number of likely N-dealkylation sites (tertiary alicyclic amines) is 1. The molecule has 1 N–H and O–H groups in total. The van der Waals surface area contributed by atoms with Gasteiger partial charge in [-0.3, -0.25) is 9.59 Å². The van der Waals surface area contributed by atoms with Gasteiger partial charge >= 0.3 is 6.18 Å². The Labute approximate surface area is 237 Å². The second kappa shape index (κ2) is 12.0. The number of benzene rings is 2. The highest BCUT2D eigenvalue weighted by Crippen LogP contribution is 2.36. The molecular weight excluding hydrogens is 533 g/mol. The van der Waals surface area contributed by atoms with Crippen LogP contribution in [0.1, 0.15) is 59.4 Å². The summed E-state index contributed by atoms with van der Waals surface area (Å²) in [7, 11) is 2.01. The maximum absolute atomic E-state index is 13.7. The summed E-state index contributed by atoms with van der Waals surface area (Å²) >= 11 is 0. The maximum Gasteiger partial charge on any atom is 0.416 e. The average molecular weight is 567 g/mol. The van der Waals surface area contributed by atoms with E-state index in [4.69, 9.17) is 4.74 Å². The number of carbonyl (C=O) groups excluding carboxylic acids is 2. The van der Waals surface area contributed by atoms with Gasteiger partial charge in [-0.2, -0.15) is 13.2 Å². The molecule has 0 unspecified atom stereocenters. The number of piperidine rings is 1. The molecule has 1 saturated carbocycles. The first-order valence-electron chi connectivity index (χ1n) is 13.8. The van der Waals surface area contributed by atoms with E-state index in [1.807, 2.05) is 14.0 Å². The van der Waals surface area contributed by atoms with Crippen molar-refractivity contribution in [3.8, 4) is 11.6 Å². The van der Waals surface area contributed by atoms with Crippen molar-refractivity contribution in [2.45, 2.75) is 57.5 Å². The van der Waals surface area contributed by atoms with Crippen LogP contribution in [-0.4, -0.2) is 46.7 Å². The number of hydrogen-bond acceptors (Lipinski definition) is 6. The summed E-state index contributed by atoms with van der Waals surface area (Å²) < 4.78 is 46.9.